The molecule has 0 saturated carbocycles. The monoisotopic (exact) mass is 292 g/mol. The molecular formula is C17H16N4O. The smallest absolute Gasteiger partial charge is 0.227 e. The molecule has 0 unspecified atom stereocenters. The highest BCUT2D eigenvalue weighted by Gasteiger charge is 2.22. The molecular weight excluding hydrogens is 276 g/mol. The van der Waals surface area contributed by atoms with Crippen molar-refractivity contribution in [1.82, 2.24) is 15.2 Å². The Balaban J connectivity index is 1.82. The van der Waals surface area contributed by atoms with Gasteiger partial charge in [-0.3, -0.25) is 9.89 Å². The molecule has 0 spiro atoms. The van der Waals surface area contributed by atoms with Crippen LogP contribution in [0.3, 0.4) is 0 Å². The van der Waals surface area contributed by atoms with E-state index in [1.165, 1.54) is 0 Å². The maximum absolute atomic E-state index is 11.9. The van der Waals surface area contributed by atoms with Gasteiger partial charge in [0.1, 0.15) is 0 Å². The van der Waals surface area contributed by atoms with Crippen molar-refractivity contribution in [1.29, 1.82) is 0 Å². The number of pyridine rings is 1. The summed E-state index contributed by atoms with van der Waals surface area (Å²) in [5.41, 5.74) is 4.93. The molecule has 3 aromatic rings. The van der Waals surface area contributed by atoms with Gasteiger partial charge in [-0.25, -0.2) is 4.98 Å². The second-order valence-electron chi connectivity index (χ2n) is 5.66. The van der Waals surface area contributed by atoms with Gasteiger partial charge in [0, 0.05) is 35.8 Å². The molecule has 0 aliphatic carbocycles. The van der Waals surface area contributed by atoms with Crippen molar-refractivity contribution in [2.75, 3.05) is 11.4 Å². The zero-order chi connectivity index (χ0) is 15.1. The van der Waals surface area contributed by atoms with Crippen LogP contribution >= 0.6 is 0 Å². The molecule has 1 aliphatic rings. The standard InChI is InChI=1S/C17H16N4O/c1-11-7-16(12-9-18-19-10-12)20-15-5-4-13(8-14(11)15)21-6-2-3-17(21)22/h4-5,7-10H,2-3,6H2,1H3,(H,18,19). The van der Waals surface area contributed by atoms with Crippen molar-refractivity contribution in [2.24, 2.45) is 0 Å². The van der Waals surface area contributed by atoms with E-state index in [4.69, 9.17) is 4.98 Å². The SMILES string of the molecule is Cc1cc(-c2cn[nH]c2)nc2ccc(N3CCCC3=O)cc12. The summed E-state index contributed by atoms with van der Waals surface area (Å²) >= 11 is 0. The number of benzene rings is 1. The van der Waals surface area contributed by atoms with E-state index < -0.39 is 0 Å². The number of rotatable bonds is 2. The Bertz CT molecular complexity index is 854. The number of amides is 1. The number of H-pyrrole nitrogens is 1. The summed E-state index contributed by atoms with van der Waals surface area (Å²) in [7, 11) is 0. The summed E-state index contributed by atoms with van der Waals surface area (Å²) in [5.74, 6) is 0.208. The topological polar surface area (TPSA) is 61.9 Å². The molecule has 1 aromatic carbocycles. The first-order valence-electron chi connectivity index (χ1n) is 7.43. The average Bonchev–Trinajstić information content (AvgIpc) is 3.18. The fourth-order valence-electron chi connectivity index (χ4n) is 3.01. The summed E-state index contributed by atoms with van der Waals surface area (Å²) in [6, 6.07) is 8.10. The molecule has 1 saturated heterocycles. The maximum Gasteiger partial charge on any atom is 0.227 e. The summed E-state index contributed by atoms with van der Waals surface area (Å²) in [5, 5.41) is 7.87. The van der Waals surface area contributed by atoms with Gasteiger partial charge in [0.2, 0.25) is 5.91 Å². The molecule has 1 amide bonds. The Morgan fingerprint density at radius 3 is 2.91 bits per heavy atom. The minimum absolute atomic E-state index is 0.208. The van der Waals surface area contributed by atoms with E-state index in [1.807, 2.05) is 23.2 Å². The molecule has 4 rings (SSSR count). The van der Waals surface area contributed by atoms with Crippen molar-refractivity contribution in [3.8, 4) is 11.3 Å². The third-order valence-corrected chi connectivity index (χ3v) is 4.18. The molecule has 1 fully saturated rings. The van der Waals surface area contributed by atoms with Gasteiger partial charge in [-0.1, -0.05) is 0 Å². The zero-order valence-corrected chi connectivity index (χ0v) is 12.3. The van der Waals surface area contributed by atoms with Gasteiger partial charge < -0.3 is 4.90 Å². The fraction of sp³-hybridized carbons (Fsp3) is 0.235. The molecule has 3 heterocycles. The third-order valence-electron chi connectivity index (χ3n) is 4.18. The number of aromatic nitrogens is 3. The quantitative estimate of drug-likeness (QED) is 0.789. The first kappa shape index (κ1) is 13.0. The number of nitrogens with one attached hydrogen (secondary N) is 1. The Morgan fingerprint density at radius 2 is 2.18 bits per heavy atom. The largest absolute Gasteiger partial charge is 0.312 e. The second kappa shape index (κ2) is 4.94. The van der Waals surface area contributed by atoms with Crippen LogP contribution in [-0.4, -0.2) is 27.6 Å². The lowest BCUT2D eigenvalue weighted by atomic mass is 10.1. The third kappa shape index (κ3) is 2.06. The summed E-state index contributed by atoms with van der Waals surface area (Å²) in [6.07, 6.45) is 5.19. The molecule has 110 valence electrons. The highest BCUT2D eigenvalue weighted by molar-refractivity contribution is 5.98. The Hall–Kier alpha value is -2.69. The Labute approximate surface area is 128 Å². The number of hydrogen-bond donors (Lipinski definition) is 1. The van der Waals surface area contributed by atoms with Crippen LogP contribution in [0.15, 0.2) is 36.7 Å². The number of carbonyl (C=O) groups is 1. The van der Waals surface area contributed by atoms with Crippen molar-refractivity contribution in [3.05, 3.63) is 42.2 Å². The van der Waals surface area contributed by atoms with Crippen LogP contribution in [0.4, 0.5) is 5.69 Å². The molecule has 0 bridgehead atoms. The van der Waals surface area contributed by atoms with Gasteiger partial charge in [-0.2, -0.15) is 5.10 Å². The Kier molecular flexibility index (Phi) is 2.92. The molecule has 22 heavy (non-hydrogen) atoms. The highest BCUT2D eigenvalue weighted by Crippen LogP contribution is 2.29. The maximum atomic E-state index is 11.9. The molecule has 1 N–H and O–H groups in total. The minimum Gasteiger partial charge on any atom is -0.312 e. The number of hydrogen-bond acceptors (Lipinski definition) is 3. The molecule has 5 nitrogen and oxygen atoms in total. The molecule has 2 aromatic heterocycles. The van der Waals surface area contributed by atoms with E-state index in [-0.39, 0.29) is 5.91 Å². The molecule has 5 heteroatoms. The number of anilines is 1. The van der Waals surface area contributed by atoms with Crippen LogP contribution in [0.5, 0.6) is 0 Å². The van der Waals surface area contributed by atoms with Crippen LogP contribution < -0.4 is 4.90 Å². The van der Waals surface area contributed by atoms with Crippen molar-refractivity contribution < 1.29 is 4.79 Å². The molecule has 0 radical (unpaired) electrons. The predicted octanol–water partition coefficient (Wildman–Crippen LogP) is 3.06. The van der Waals surface area contributed by atoms with Gasteiger partial charge in [0.15, 0.2) is 0 Å². The van der Waals surface area contributed by atoms with E-state index in [2.05, 4.69) is 29.3 Å². The summed E-state index contributed by atoms with van der Waals surface area (Å²) in [6.45, 7) is 2.88. The fourth-order valence-corrected chi connectivity index (χ4v) is 3.01. The van der Waals surface area contributed by atoms with Gasteiger partial charge in [-0.05, 0) is 43.2 Å². The zero-order valence-electron chi connectivity index (χ0n) is 12.3. The van der Waals surface area contributed by atoms with E-state index in [1.54, 1.807) is 6.20 Å². The normalized spacial score (nSPS) is 15.0. The minimum atomic E-state index is 0.208. The van der Waals surface area contributed by atoms with Gasteiger partial charge >= 0.3 is 0 Å². The van der Waals surface area contributed by atoms with Gasteiger partial charge in [0.25, 0.3) is 0 Å². The summed E-state index contributed by atoms with van der Waals surface area (Å²) in [4.78, 5) is 18.5. The van der Waals surface area contributed by atoms with E-state index >= 15 is 0 Å². The predicted molar refractivity (Wildman–Crippen MR) is 85.6 cm³/mol. The van der Waals surface area contributed by atoms with E-state index in [0.717, 1.165) is 46.4 Å². The lowest BCUT2D eigenvalue weighted by Crippen LogP contribution is -2.23. The summed E-state index contributed by atoms with van der Waals surface area (Å²) < 4.78 is 0. The van der Waals surface area contributed by atoms with Crippen LogP contribution in [0.25, 0.3) is 22.2 Å². The van der Waals surface area contributed by atoms with E-state index in [0.29, 0.717) is 6.42 Å². The second-order valence-corrected chi connectivity index (χ2v) is 5.66. The number of nitrogens with zero attached hydrogens (tertiary/aromatic N) is 3. The van der Waals surface area contributed by atoms with Crippen LogP contribution in [-0.2, 0) is 4.79 Å². The number of aromatic amines is 1. The molecule has 0 atom stereocenters. The lowest BCUT2D eigenvalue weighted by molar-refractivity contribution is -0.117. The average molecular weight is 292 g/mol. The number of carbonyl (C=O) groups excluding carboxylic acids is 1. The van der Waals surface area contributed by atoms with Crippen LogP contribution in [0.1, 0.15) is 18.4 Å². The van der Waals surface area contributed by atoms with Crippen LogP contribution in [0, 0.1) is 6.92 Å². The van der Waals surface area contributed by atoms with Gasteiger partial charge in [-0.15, -0.1) is 0 Å². The molecule has 1 aliphatic heterocycles. The Morgan fingerprint density at radius 1 is 1.27 bits per heavy atom. The number of fused-ring (bicyclic) bond motifs is 1. The number of aryl methyl sites for hydroxylation is 1. The van der Waals surface area contributed by atoms with Crippen molar-refractivity contribution >= 4 is 22.5 Å². The first-order chi connectivity index (χ1) is 10.7. The van der Waals surface area contributed by atoms with Crippen LogP contribution in [0.2, 0.25) is 0 Å². The first-order valence-corrected chi connectivity index (χ1v) is 7.43. The lowest BCUT2D eigenvalue weighted by Gasteiger charge is -2.16. The van der Waals surface area contributed by atoms with Gasteiger partial charge in [0.05, 0.1) is 17.4 Å². The van der Waals surface area contributed by atoms with E-state index in [9.17, 15) is 4.79 Å². The highest BCUT2D eigenvalue weighted by atomic mass is 16.2. The van der Waals surface area contributed by atoms with Crippen molar-refractivity contribution in [2.45, 2.75) is 19.8 Å². The van der Waals surface area contributed by atoms with Crippen molar-refractivity contribution in [3.63, 3.8) is 0 Å².